The molecule has 2 aromatic heterocycles. The number of pyridine rings is 1. The van der Waals surface area contributed by atoms with Crippen LogP contribution in [0.25, 0.3) is 10.8 Å². The van der Waals surface area contributed by atoms with Gasteiger partial charge < -0.3 is 5.32 Å². The molecule has 0 spiro atoms. The molecule has 0 atom stereocenters. The first-order valence-corrected chi connectivity index (χ1v) is 6.25. The number of thiazole rings is 1. The van der Waals surface area contributed by atoms with Crippen molar-refractivity contribution in [2.24, 2.45) is 0 Å². The summed E-state index contributed by atoms with van der Waals surface area (Å²) in [6, 6.07) is 8.23. The van der Waals surface area contributed by atoms with E-state index >= 15 is 0 Å². The van der Waals surface area contributed by atoms with Gasteiger partial charge >= 0.3 is 0 Å². The fraction of sp³-hybridized carbons (Fsp3) is 0.0769. The summed E-state index contributed by atoms with van der Waals surface area (Å²) in [6.07, 6.45) is 5.60. The topological polar surface area (TPSA) is 37.8 Å². The SMILES string of the molecule is c1cc(NCc2cncs2)c2ccncc2c1. The molecule has 84 valence electrons. The quantitative estimate of drug-likeness (QED) is 0.764. The Labute approximate surface area is 103 Å². The van der Waals surface area contributed by atoms with Gasteiger partial charge in [0.25, 0.3) is 0 Å². The van der Waals surface area contributed by atoms with E-state index in [4.69, 9.17) is 0 Å². The van der Waals surface area contributed by atoms with Gasteiger partial charge in [0, 0.05) is 39.9 Å². The molecule has 1 aromatic carbocycles. The first-order valence-electron chi connectivity index (χ1n) is 5.37. The molecule has 0 saturated carbocycles. The minimum Gasteiger partial charge on any atom is -0.380 e. The maximum Gasteiger partial charge on any atom is 0.0794 e. The van der Waals surface area contributed by atoms with Gasteiger partial charge in [0.15, 0.2) is 0 Å². The number of nitrogens with one attached hydrogen (secondary N) is 1. The fourth-order valence-corrected chi connectivity index (χ4v) is 2.32. The van der Waals surface area contributed by atoms with Crippen LogP contribution in [0.15, 0.2) is 48.4 Å². The molecule has 17 heavy (non-hydrogen) atoms. The summed E-state index contributed by atoms with van der Waals surface area (Å²) in [5.74, 6) is 0. The number of aromatic nitrogens is 2. The summed E-state index contributed by atoms with van der Waals surface area (Å²) in [4.78, 5) is 9.43. The highest BCUT2D eigenvalue weighted by molar-refractivity contribution is 7.09. The molecule has 2 heterocycles. The monoisotopic (exact) mass is 241 g/mol. The largest absolute Gasteiger partial charge is 0.380 e. The van der Waals surface area contributed by atoms with Crippen molar-refractivity contribution in [3.8, 4) is 0 Å². The van der Waals surface area contributed by atoms with Crippen molar-refractivity contribution in [1.29, 1.82) is 0 Å². The van der Waals surface area contributed by atoms with E-state index in [-0.39, 0.29) is 0 Å². The average Bonchev–Trinajstić information content (AvgIpc) is 2.89. The number of nitrogens with zero attached hydrogens (tertiary/aromatic N) is 2. The summed E-state index contributed by atoms with van der Waals surface area (Å²) in [7, 11) is 0. The Balaban J connectivity index is 1.90. The van der Waals surface area contributed by atoms with Gasteiger partial charge in [-0.2, -0.15) is 0 Å². The first kappa shape index (κ1) is 10.2. The smallest absolute Gasteiger partial charge is 0.0794 e. The van der Waals surface area contributed by atoms with Gasteiger partial charge in [-0.15, -0.1) is 11.3 Å². The standard InChI is InChI=1S/C13H11N3S/c1-2-10-6-14-5-4-12(10)13(3-1)16-8-11-7-15-9-17-11/h1-7,9,16H,8H2. The van der Waals surface area contributed by atoms with Crippen molar-refractivity contribution in [3.05, 3.63) is 53.2 Å². The molecule has 0 bridgehead atoms. The van der Waals surface area contributed by atoms with Crippen LogP contribution in [-0.4, -0.2) is 9.97 Å². The van der Waals surface area contributed by atoms with E-state index in [1.54, 1.807) is 11.3 Å². The van der Waals surface area contributed by atoms with Crippen molar-refractivity contribution in [1.82, 2.24) is 9.97 Å². The van der Waals surface area contributed by atoms with Crippen LogP contribution in [-0.2, 0) is 6.54 Å². The molecule has 0 radical (unpaired) electrons. The predicted molar refractivity (Wildman–Crippen MR) is 71.2 cm³/mol. The molecule has 0 aliphatic rings. The van der Waals surface area contributed by atoms with Crippen molar-refractivity contribution in [2.75, 3.05) is 5.32 Å². The van der Waals surface area contributed by atoms with Gasteiger partial charge in [-0.25, -0.2) is 0 Å². The van der Waals surface area contributed by atoms with Crippen LogP contribution in [0.3, 0.4) is 0 Å². The average molecular weight is 241 g/mol. The van der Waals surface area contributed by atoms with Crippen LogP contribution in [0.4, 0.5) is 5.69 Å². The first-order chi connectivity index (χ1) is 8.43. The van der Waals surface area contributed by atoms with Crippen LogP contribution in [0.1, 0.15) is 4.88 Å². The van der Waals surface area contributed by atoms with E-state index in [9.17, 15) is 0 Å². The highest BCUT2D eigenvalue weighted by atomic mass is 32.1. The summed E-state index contributed by atoms with van der Waals surface area (Å²) < 4.78 is 0. The molecule has 3 aromatic rings. The minimum atomic E-state index is 0.812. The van der Waals surface area contributed by atoms with Crippen LogP contribution >= 0.6 is 11.3 Å². The number of hydrogen-bond acceptors (Lipinski definition) is 4. The number of rotatable bonds is 3. The van der Waals surface area contributed by atoms with Crippen molar-refractivity contribution >= 4 is 27.8 Å². The van der Waals surface area contributed by atoms with Crippen molar-refractivity contribution < 1.29 is 0 Å². The molecule has 3 rings (SSSR count). The Morgan fingerprint density at radius 2 is 2.12 bits per heavy atom. The minimum absolute atomic E-state index is 0.812. The molecule has 3 nitrogen and oxygen atoms in total. The Bertz CT molecular complexity index is 614. The molecule has 0 saturated heterocycles. The summed E-state index contributed by atoms with van der Waals surface area (Å²) in [5, 5.41) is 5.79. The van der Waals surface area contributed by atoms with Gasteiger partial charge in [-0.05, 0) is 12.1 Å². The molecular formula is C13H11N3S. The van der Waals surface area contributed by atoms with E-state index in [1.807, 2.05) is 36.2 Å². The zero-order valence-corrected chi connectivity index (χ0v) is 9.95. The highest BCUT2D eigenvalue weighted by Crippen LogP contribution is 2.22. The highest BCUT2D eigenvalue weighted by Gasteiger charge is 2.00. The second-order valence-corrected chi connectivity index (χ2v) is 4.69. The Hall–Kier alpha value is -1.94. The zero-order chi connectivity index (χ0) is 11.5. The van der Waals surface area contributed by atoms with Crippen molar-refractivity contribution in [3.63, 3.8) is 0 Å². The molecule has 4 heteroatoms. The van der Waals surface area contributed by atoms with Gasteiger partial charge in [0.2, 0.25) is 0 Å². The van der Waals surface area contributed by atoms with Crippen LogP contribution in [0, 0.1) is 0 Å². The third kappa shape index (κ3) is 2.12. The number of anilines is 1. The molecule has 0 fully saturated rings. The maximum absolute atomic E-state index is 4.13. The second-order valence-electron chi connectivity index (χ2n) is 3.72. The van der Waals surface area contributed by atoms with Gasteiger partial charge in [0.05, 0.1) is 12.1 Å². The molecule has 1 N–H and O–H groups in total. The third-order valence-corrected chi connectivity index (χ3v) is 3.40. The Kier molecular flexibility index (Phi) is 2.71. The number of hydrogen-bond donors (Lipinski definition) is 1. The van der Waals surface area contributed by atoms with E-state index in [1.165, 1.54) is 10.3 Å². The van der Waals surface area contributed by atoms with E-state index in [0.29, 0.717) is 0 Å². The zero-order valence-electron chi connectivity index (χ0n) is 9.13. The third-order valence-electron chi connectivity index (χ3n) is 2.62. The van der Waals surface area contributed by atoms with E-state index < -0.39 is 0 Å². The summed E-state index contributed by atoms with van der Waals surface area (Å²) >= 11 is 1.66. The lowest BCUT2D eigenvalue weighted by Gasteiger charge is -2.08. The Morgan fingerprint density at radius 3 is 3.00 bits per heavy atom. The van der Waals surface area contributed by atoms with Gasteiger partial charge in [-0.1, -0.05) is 12.1 Å². The normalized spacial score (nSPS) is 10.6. The molecular weight excluding hydrogens is 230 g/mol. The fourth-order valence-electron chi connectivity index (χ4n) is 1.79. The summed E-state index contributed by atoms with van der Waals surface area (Å²) in [6.45, 7) is 0.812. The maximum atomic E-state index is 4.13. The molecule has 0 aliphatic heterocycles. The summed E-state index contributed by atoms with van der Waals surface area (Å²) in [5.41, 5.74) is 2.99. The van der Waals surface area contributed by atoms with Crippen LogP contribution < -0.4 is 5.32 Å². The van der Waals surface area contributed by atoms with Crippen LogP contribution in [0.2, 0.25) is 0 Å². The Morgan fingerprint density at radius 1 is 1.12 bits per heavy atom. The van der Waals surface area contributed by atoms with Crippen molar-refractivity contribution in [2.45, 2.75) is 6.54 Å². The number of benzene rings is 1. The van der Waals surface area contributed by atoms with Gasteiger partial charge in [0.1, 0.15) is 0 Å². The molecule has 0 unspecified atom stereocenters. The molecule has 0 aliphatic carbocycles. The number of fused-ring (bicyclic) bond motifs is 1. The van der Waals surface area contributed by atoms with E-state index in [0.717, 1.165) is 17.6 Å². The van der Waals surface area contributed by atoms with Crippen LogP contribution in [0.5, 0.6) is 0 Å². The van der Waals surface area contributed by atoms with Gasteiger partial charge in [-0.3, -0.25) is 9.97 Å². The lowest BCUT2D eigenvalue weighted by molar-refractivity contribution is 1.18. The lowest BCUT2D eigenvalue weighted by atomic mass is 10.1. The molecule has 0 amide bonds. The lowest BCUT2D eigenvalue weighted by Crippen LogP contribution is -1.98. The second kappa shape index (κ2) is 4.51. The van der Waals surface area contributed by atoms with E-state index in [2.05, 4.69) is 27.4 Å². The predicted octanol–water partition coefficient (Wildman–Crippen LogP) is 3.30.